The molecular weight excluding hydrogens is 306 g/mol. The number of hydrogen-bond donors (Lipinski definition) is 1. The maximum absolute atomic E-state index is 11.8. The van der Waals surface area contributed by atoms with E-state index in [2.05, 4.69) is 28.2 Å². The maximum atomic E-state index is 11.8. The molecule has 0 bridgehead atoms. The van der Waals surface area contributed by atoms with E-state index < -0.39 is 20.5 Å². The quantitative estimate of drug-likeness (QED) is 0.724. The first-order valence-corrected chi connectivity index (χ1v) is 8.72. The molecule has 0 aliphatic heterocycles. The van der Waals surface area contributed by atoms with Crippen molar-refractivity contribution in [1.82, 2.24) is 5.32 Å². The van der Waals surface area contributed by atoms with Crippen LogP contribution >= 0.6 is 15.9 Å². The van der Waals surface area contributed by atoms with Gasteiger partial charge in [-0.05, 0) is 26.2 Å². The molecular formula is C11H22BrNO3S. The first-order chi connectivity index (χ1) is 7.66. The molecule has 0 aromatic rings. The Labute approximate surface area is 113 Å². The van der Waals surface area contributed by atoms with Gasteiger partial charge >= 0.3 is 0 Å². The summed E-state index contributed by atoms with van der Waals surface area (Å²) in [4.78, 5) is 11.8. The summed E-state index contributed by atoms with van der Waals surface area (Å²) in [5.74, 6) is -0.0401. The van der Waals surface area contributed by atoms with Crippen molar-refractivity contribution in [3.8, 4) is 0 Å². The first kappa shape index (κ1) is 16.9. The summed E-state index contributed by atoms with van der Waals surface area (Å²) in [6, 6.07) is 0. The van der Waals surface area contributed by atoms with E-state index in [1.165, 1.54) is 13.8 Å². The van der Waals surface area contributed by atoms with Crippen molar-refractivity contribution in [3.63, 3.8) is 0 Å². The fourth-order valence-electron chi connectivity index (χ4n) is 1.22. The van der Waals surface area contributed by atoms with E-state index in [1.807, 2.05) is 0 Å². The molecule has 1 unspecified atom stereocenters. The lowest BCUT2D eigenvalue weighted by Crippen LogP contribution is -2.48. The molecule has 1 amide bonds. The minimum atomic E-state index is -3.39. The van der Waals surface area contributed by atoms with Crippen LogP contribution in [0, 0.1) is 5.92 Å². The number of hydrogen-bond acceptors (Lipinski definition) is 3. The summed E-state index contributed by atoms with van der Waals surface area (Å²) < 4.78 is 21.6. The second-order valence-electron chi connectivity index (χ2n) is 4.74. The fraction of sp³-hybridized carbons (Fsp3) is 0.909. The average Bonchev–Trinajstić information content (AvgIpc) is 2.21. The van der Waals surface area contributed by atoms with Gasteiger partial charge in [-0.1, -0.05) is 29.3 Å². The number of rotatable bonds is 7. The molecule has 1 atom stereocenters. The minimum Gasteiger partial charge on any atom is -0.354 e. The van der Waals surface area contributed by atoms with Crippen LogP contribution in [0.5, 0.6) is 0 Å². The Balaban J connectivity index is 4.46. The smallest absolute Gasteiger partial charge is 0.240 e. The molecule has 1 N–H and O–H groups in total. The second-order valence-corrected chi connectivity index (χ2v) is 8.10. The van der Waals surface area contributed by atoms with Crippen LogP contribution in [-0.4, -0.2) is 37.2 Å². The Kier molecular flexibility index (Phi) is 6.69. The van der Waals surface area contributed by atoms with Crippen molar-refractivity contribution in [2.24, 2.45) is 5.92 Å². The van der Waals surface area contributed by atoms with E-state index in [1.54, 1.807) is 0 Å². The number of carbonyl (C=O) groups is 1. The zero-order valence-electron chi connectivity index (χ0n) is 10.9. The van der Waals surface area contributed by atoms with Gasteiger partial charge in [0.2, 0.25) is 5.91 Å². The van der Waals surface area contributed by atoms with E-state index in [0.717, 1.165) is 24.4 Å². The lowest BCUT2D eigenvalue weighted by molar-refractivity contribution is -0.123. The Bertz CT molecular complexity index is 352. The third kappa shape index (κ3) is 4.95. The van der Waals surface area contributed by atoms with Gasteiger partial charge in [0, 0.05) is 18.1 Å². The maximum Gasteiger partial charge on any atom is 0.240 e. The normalized spacial score (nSPS) is 14.4. The molecule has 0 aromatic carbocycles. The Hall–Kier alpha value is -0.100. The van der Waals surface area contributed by atoms with Gasteiger partial charge in [-0.3, -0.25) is 4.79 Å². The van der Waals surface area contributed by atoms with Crippen LogP contribution in [0.1, 0.15) is 33.6 Å². The van der Waals surface area contributed by atoms with Gasteiger partial charge in [-0.2, -0.15) is 0 Å². The number of nitrogens with one attached hydrogen (secondary N) is 1. The van der Waals surface area contributed by atoms with Gasteiger partial charge in [-0.25, -0.2) is 8.42 Å². The van der Waals surface area contributed by atoms with E-state index in [9.17, 15) is 13.2 Å². The first-order valence-electron chi connectivity index (χ1n) is 5.70. The number of amides is 1. The van der Waals surface area contributed by atoms with Crippen LogP contribution in [0.25, 0.3) is 0 Å². The monoisotopic (exact) mass is 327 g/mol. The van der Waals surface area contributed by atoms with Crippen molar-refractivity contribution < 1.29 is 13.2 Å². The van der Waals surface area contributed by atoms with E-state index >= 15 is 0 Å². The van der Waals surface area contributed by atoms with Crippen LogP contribution in [0.15, 0.2) is 0 Å². The van der Waals surface area contributed by atoms with Crippen molar-refractivity contribution in [2.45, 2.75) is 38.4 Å². The highest BCUT2D eigenvalue weighted by atomic mass is 79.9. The highest BCUT2D eigenvalue weighted by Gasteiger charge is 2.38. The molecule has 0 spiro atoms. The molecule has 0 radical (unpaired) electrons. The number of carbonyl (C=O) groups excluding carboxylic acids is 1. The van der Waals surface area contributed by atoms with Crippen LogP contribution in [0.3, 0.4) is 0 Å². The van der Waals surface area contributed by atoms with Gasteiger partial charge in [0.05, 0.1) is 0 Å². The van der Waals surface area contributed by atoms with Gasteiger partial charge < -0.3 is 5.32 Å². The fourth-order valence-corrected chi connectivity index (χ4v) is 2.28. The van der Waals surface area contributed by atoms with Crippen molar-refractivity contribution in [2.75, 3.05) is 18.1 Å². The molecule has 0 saturated heterocycles. The van der Waals surface area contributed by atoms with Gasteiger partial charge in [0.15, 0.2) is 9.84 Å². The highest BCUT2D eigenvalue weighted by Crippen LogP contribution is 2.16. The molecule has 0 aliphatic carbocycles. The molecule has 4 nitrogen and oxygen atoms in total. The summed E-state index contributed by atoms with van der Waals surface area (Å²) in [6.07, 6.45) is 3.02. The molecule has 102 valence electrons. The number of halogens is 1. The highest BCUT2D eigenvalue weighted by molar-refractivity contribution is 9.09. The average molecular weight is 328 g/mol. The Morgan fingerprint density at radius 1 is 1.41 bits per heavy atom. The van der Waals surface area contributed by atoms with Gasteiger partial charge in [0.25, 0.3) is 0 Å². The third-order valence-electron chi connectivity index (χ3n) is 3.12. The molecule has 0 saturated carbocycles. The molecule has 0 aliphatic rings. The van der Waals surface area contributed by atoms with Crippen LogP contribution < -0.4 is 5.32 Å². The largest absolute Gasteiger partial charge is 0.354 e. The summed E-state index contributed by atoms with van der Waals surface area (Å²) in [5, 5.41) is 3.61. The van der Waals surface area contributed by atoms with Crippen LogP contribution in [0.4, 0.5) is 0 Å². The SMILES string of the molecule is CCC(CCBr)CNC(=O)C(C)(C)S(C)(=O)=O. The predicted octanol–water partition coefficient (Wildman–Crippen LogP) is 1.74. The predicted molar refractivity (Wildman–Crippen MR) is 74.1 cm³/mol. The Morgan fingerprint density at radius 3 is 2.29 bits per heavy atom. The minimum absolute atomic E-state index is 0.383. The summed E-state index contributed by atoms with van der Waals surface area (Å²) in [7, 11) is -3.39. The Morgan fingerprint density at radius 2 is 1.94 bits per heavy atom. The third-order valence-corrected chi connectivity index (χ3v) is 5.62. The summed E-state index contributed by atoms with van der Waals surface area (Å²) >= 11 is 3.36. The molecule has 17 heavy (non-hydrogen) atoms. The lowest BCUT2D eigenvalue weighted by atomic mass is 10.0. The molecule has 0 heterocycles. The number of alkyl halides is 1. The second kappa shape index (κ2) is 6.73. The lowest BCUT2D eigenvalue weighted by Gasteiger charge is -2.23. The van der Waals surface area contributed by atoms with E-state index in [0.29, 0.717) is 12.5 Å². The van der Waals surface area contributed by atoms with E-state index in [4.69, 9.17) is 0 Å². The van der Waals surface area contributed by atoms with E-state index in [-0.39, 0.29) is 0 Å². The van der Waals surface area contributed by atoms with Crippen LogP contribution in [-0.2, 0) is 14.6 Å². The van der Waals surface area contributed by atoms with Gasteiger partial charge in [0.1, 0.15) is 4.75 Å². The zero-order valence-corrected chi connectivity index (χ0v) is 13.3. The zero-order chi connectivity index (χ0) is 13.7. The van der Waals surface area contributed by atoms with Crippen LogP contribution in [0.2, 0.25) is 0 Å². The molecule has 0 fully saturated rings. The standard InChI is InChI=1S/C11H22BrNO3S/c1-5-9(6-7-12)8-13-10(14)11(2,3)17(4,15)16/h9H,5-8H2,1-4H3,(H,13,14). The summed E-state index contributed by atoms with van der Waals surface area (Å²) in [6.45, 7) is 5.45. The van der Waals surface area contributed by atoms with Gasteiger partial charge in [-0.15, -0.1) is 0 Å². The topological polar surface area (TPSA) is 63.2 Å². The molecule has 6 heteroatoms. The van der Waals surface area contributed by atoms with Crippen molar-refractivity contribution >= 4 is 31.7 Å². The molecule has 0 aromatic heterocycles. The number of sulfone groups is 1. The van der Waals surface area contributed by atoms with Crippen molar-refractivity contribution in [3.05, 3.63) is 0 Å². The van der Waals surface area contributed by atoms with Crippen molar-refractivity contribution in [1.29, 1.82) is 0 Å². The molecule has 0 rings (SSSR count). The summed E-state index contributed by atoms with van der Waals surface area (Å²) in [5.41, 5.74) is 0.